The van der Waals surface area contributed by atoms with Gasteiger partial charge in [0.2, 0.25) is 0 Å². The van der Waals surface area contributed by atoms with Gasteiger partial charge in [-0.25, -0.2) is 0 Å². The molecular weight excluding hydrogens is 358 g/mol. The Balaban J connectivity index is 2.52. The van der Waals surface area contributed by atoms with E-state index in [4.69, 9.17) is 0 Å². The van der Waals surface area contributed by atoms with E-state index in [1.807, 2.05) is 30.1 Å². The predicted octanol–water partition coefficient (Wildman–Crippen LogP) is 3.74. The highest BCUT2D eigenvalue weighted by atomic mass is 79.9. The molecule has 0 saturated heterocycles. The van der Waals surface area contributed by atoms with Crippen LogP contribution in [0.15, 0.2) is 39.4 Å². The molecule has 1 N–H and O–H groups in total. The van der Waals surface area contributed by atoms with Crippen LogP contribution in [-0.2, 0) is 6.54 Å². The van der Waals surface area contributed by atoms with Crippen LogP contribution < -0.4 is 5.32 Å². The van der Waals surface area contributed by atoms with Gasteiger partial charge in [-0.05, 0) is 41.5 Å². The number of rotatable bonds is 4. The van der Waals surface area contributed by atoms with Crippen molar-refractivity contribution >= 4 is 31.9 Å². The van der Waals surface area contributed by atoms with E-state index in [1.165, 1.54) is 5.56 Å². The van der Waals surface area contributed by atoms with Gasteiger partial charge < -0.3 is 5.32 Å². The first-order chi connectivity index (χ1) is 8.69. The minimum absolute atomic E-state index is 0.109. The molecule has 5 heteroatoms. The molecule has 0 fully saturated rings. The van der Waals surface area contributed by atoms with E-state index in [9.17, 15) is 0 Å². The van der Waals surface area contributed by atoms with Crippen molar-refractivity contribution in [3.8, 4) is 0 Å². The molecule has 0 spiro atoms. The molecule has 0 aliphatic carbocycles. The molecule has 1 heterocycles. The quantitative estimate of drug-likeness (QED) is 0.885. The second kappa shape index (κ2) is 5.99. The monoisotopic (exact) mass is 371 g/mol. The van der Waals surface area contributed by atoms with Gasteiger partial charge in [0.15, 0.2) is 0 Å². The van der Waals surface area contributed by atoms with Crippen LogP contribution in [0.2, 0.25) is 0 Å². The molecule has 1 unspecified atom stereocenters. The van der Waals surface area contributed by atoms with Crippen LogP contribution in [0.5, 0.6) is 0 Å². The van der Waals surface area contributed by atoms with Crippen LogP contribution in [0.25, 0.3) is 0 Å². The van der Waals surface area contributed by atoms with Gasteiger partial charge in [-0.15, -0.1) is 0 Å². The maximum atomic E-state index is 4.37. The molecule has 0 amide bonds. The molecule has 0 radical (unpaired) electrons. The average Bonchev–Trinajstić information content (AvgIpc) is 2.74. The Labute approximate surface area is 124 Å². The highest BCUT2D eigenvalue weighted by Gasteiger charge is 2.21. The standard InChI is InChI=1S/C13H15Br2N3/c1-3-18-13(11(15)8-17-18)12(16-2)9-6-4-5-7-10(9)14/h4-8,12,16H,3H2,1-2H3. The van der Waals surface area contributed by atoms with Crippen molar-refractivity contribution in [2.24, 2.45) is 0 Å². The highest BCUT2D eigenvalue weighted by Crippen LogP contribution is 2.32. The smallest absolute Gasteiger partial charge is 0.0768 e. The summed E-state index contributed by atoms with van der Waals surface area (Å²) in [7, 11) is 1.96. The molecule has 0 aliphatic rings. The Morgan fingerprint density at radius 3 is 2.61 bits per heavy atom. The fourth-order valence-electron chi connectivity index (χ4n) is 2.06. The van der Waals surface area contributed by atoms with Crippen molar-refractivity contribution in [3.05, 3.63) is 50.7 Å². The first-order valence-electron chi connectivity index (χ1n) is 5.82. The van der Waals surface area contributed by atoms with E-state index in [-0.39, 0.29) is 6.04 Å². The molecule has 2 rings (SSSR count). The van der Waals surface area contributed by atoms with Gasteiger partial charge in [0.05, 0.1) is 22.4 Å². The Morgan fingerprint density at radius 2 is 2.00 bits per heavy atom. The van der Waals surface area contributed by atoms with Crippen molar-refractivity contribution in [2.45, 2.75) is 19.5 Å². The molecule has 3 nitrogen and oxygen atoms in total. The van der Waals surface area contributed by atoms with E-state index < -0.39 is 0 Å². The molecule has 96 valence electrons. The zero-order valence-corrected chi connectivity index (χ0v) is 13.5. The Bertz CT molecular complexity index is 537. The summed E-state index contributed by atoms with van der Waals surface area (Å²) in [6, 6.07) is 8.35. The van der Waals surface area contributed by atoms with Gasteiger partial charge in [0.25, 0.3) is 0 Å². The number of aromatic nitrogens is 2. The summed E-state index contributed by atoms with van der Waals surface area (Å²) in [4.78, 5) is 0. The summed E-state index contributed by atoms with van der Waals surface area (Å²) in [5.74, 6) is 0. The summed E-state index contributed by atoms with van der Waals surface area (Å²) in [6.45, 7) is 2.94. The van der Waals surface area contributed by atoms with Gasteiger partial charge in [-0.2, -0.15) is 5.10 Å². The molecule has 0 bridgehead atoms. The zero-order valence-electron chi connectivity index (χ0n) is 10.3. The Morgan fingerprint density at radius 1 is 1.28 bits per heavy atom. The fourth-order valence-corrected chi connectivity index (χ4v) is 3.10. The third-order valence-electron chi connectivity index (χ3n) is 2.91. The number of nitrogens with zero attached hydrogens (tertiary/aromatic N) is 2. The van der Waals surface area contributed by atoms with E-state index in [2.05, 4.69) is 61.3 Å². The van der Waals surface area contributed by atoms with Gasteiger partial charge in [0.1, 0.15) is 0 Å². The van der Waals surface area contributed by atoms with E-state index in [1.54, 1.807) is 0 Å². The topological polar surface area (TPSA) is 29.9 Å². The third kappa shape index (κ3) is 2.53. The number of aryl methyl sites for hydroxylation is 1. The van der Waals surface area contributed by atoms with Gasteiger partial charge >= 0.3 is 0 Å². The largest absolute Gasteiger partial charge is 0.308 e. The zero-order chi connectivity index (χ0) is 13.1. The average molecular weight is 373 g/mol. The molecular formula is C13H15Br2N3. The molecule has 18 heavy (non-hydrogen) atoms. The highest BCUT2D eigenvalue weighted by molar-refractivity contribution is 9.10. The molecule has 1 aromatic carbocycles. The van der Waals surface area contributed by atoms with Crippen LogP contribution in [0.4, 0.5) is 0 Å². The molecule has 0 aliphatic heterocycles. The lowest BCUT2D eigenvalue weighted by atomic mass is 10.0. The number of hydrogen-bond donors (Lipinski definition) is 1. The number of halogens is 2. The van der Waals surface area contributed by atoms with Crippen molar-refractivity contribution in [1.29, 1.82) is 0 Å². The second-order valence-electron chi connectivity index (χ2n) is 3.94. The number of benzene rings is 1. The van der Waals surface area contributed by atoms with Gasteiger partial charge in [-0.3, -0.25) is 4.68 Å². The van der Waals surface area contributed by atoms with Crippen LogP contribution in [0.3, 0.4) is 0 Å². The lowest BCUT2D eigenvalue weighted by molar-refractivity contribution is 0.560. The van der Waals surface area contributed by atoms with Crippen molar-refractivity contribution < 1.29 is 0 Å². The Kier molecular flexibility index (Phi) is 4.59. The SMILES string of the molecule is CCn1ncc(Br)c1C(NC)c1ccccc1Br. The normalized spacial score (nSPS) is 12.7. The summed E-state index contributed by atoms with van der Waals surface area (Å²) in [5.41, 5.74) is 2.35. The van der Waals surface area contributed by atoms with Crippen LogP contribution >= 0.6 is 31.9 Å². The van der Waals surface area contributed by atoms with Crippen LogP contribution in [0, 0.1) is 0 Å². The first kappa shape index (κ1) is 13.8. The van der Waals surface area contributed by atoms with Crippen LogP contribution in [0.1, 0.15) is 24.2 Å². The minimum atomic E-state index is 0.109. The molecule has 0 saturated carbocycles. The second-order valence-corrected chi connectivity index (χ2v) is 5.65. The van der Waals surface area contributed by atoms with E-state index >= 15 is 0 Å². The van der Waals surface area contributed by atoms with Crippen molar-refractivity contribution in [1.82, 2.24) is 15.1 Å². The molecule has 1 aromatic heterocycles. The number of nitrogens with one attached hydrogen (secondary N) is 1. The van der Waals surface area contributed by atoms with Crippen molar-refractivity contribution in [3.63, 3.8) is 0 Å². The molecule has 2 aromatic rings. The summed E-state index contributed by atoms with van der Waals surface area (Å²) < 4.78 is 4.13. The third-order valence-corrected chi connectivity index (χ3v) is 4.24. The summed E-state index contributed by atoms with van der Waals surface area (Å²) in [5, 5.41) is 7.73. The van der Waals surface area contributed by atoms with E-state index in [0.29, 0.717) is 0 Å². The van der Waals surface area contributed by atoms with Crippen molar-refractivity contribution in [2.75, 3.05) is 7.05 Å². The maximum Gasteiger partial charge on any atom is 0.0768 e. The Hall–Kier alpha value is -0.650. The summed E-state index contributed by atoms with van der Waals surface area (Å²) >= 11 is 7.19. The number of hydrogen-bond acceptors (Lipinski definition) is 2. The van der Waals surface area contributed by atoms with Gasteiger partial charge in [0, 0.05) is 11.0 Å². The first-order valence-corrected chi connectivity index (χ1v) is 7.40. The minimum Gasteiger partial charge on any atom is -0.308 e. The fraction of sp³-hybridized carbons (Fsp3) is 0.308. The predicted molar refractivity (Wildman–Crippen MR) is 80.6 cm³/mol. The lowest BCUT2D eigenvalue weighted by Crippen LogP contribution is -2.22. The van der Waals surface area contributed by atoms with E-state index in [0.717, 1.165) is 21.2 Å². The summed E-state index contributed by atoms with van der Waals surface area (Å²) in [6.07, 6.45) is 1.85. The lowest BCUT2D eigenvalue weighted by Gasteiger charge is -2.20. The van der Waals surface area contributed by atoms with Gasteiger partial charge in [-0.1, -0.05) is 34.1 Å². The maximum absolute atomic E-state index is 4.37. The van der Waals surface area contributed by atoms with Crippen LogP contribution in [-0.4, -0.2) is 16.8 Å². The molecule has 1 atom stereocenters.